The highest BCUT2D eigenvalue weighted by Crippen LogP contribution is 2.44. The van der Waals surface area contributed by atoms with Crippen LogP contribution in [0.4, 0.5) is 17.1 Å². The number of fused-ring (bicyclic) bond motifs is 2. The van der Waals surface area contributed by atoms with E-state index in [-0.39, 0.29) is 0 Å². The third-order valence-electron chi connectivity index (χ3n) is 5.15. The number of aryl methyl sites for hydroxylation is 1. The molecule has 0 radical (unpaired) electrons. The van der Waals surface area contributed by atoms with E-state index >= 15 is 0 Å². The smallest absolute Gasteiger partial charge is 0.0892 e. The van der Waals surface area contributed by atoms with Crippen molar-refractivity contribution in [2.75, 3.05) is 23.3 Å². The van der Waals surface area contributed by atoms with Crippen molar-refractivity contribution < 1.29 is 4.21 Å². The summed E-state index contributed by atoms with van der Waals surface area (Å²) >= 11 is 0. The Morgan fingerprint density at radius 3 is 2.44 bits per heavy atom. The van der Waals surface area contributed by atoms with E-state index in [9.17, 15) is 4.21 Å². The van der Waals surface area contributed by atoms with Crippen LogP contribution >= 0.6 is 0 Å². The first kappa shape index (κ1) is 17.8. The number of hydrogen-bond acceptors (Lipinski definition) is 3. The van der Waals surface area contributed by atoms with Gasteiger partial charge in [0.15, 0.2) is 0 Å². The lowest BCUT2D eigenvalue weighted by molar-refractivity contribution is 0.680. The molecule has 4 heteroatoms. The van der Waals surface area contributed by atoms with Crippen molar-refractivity contribution in [2.24, 2.45) is 0 Å². The molecule has 0 saturated carbocycles. The summed E-state index contributed by atoms with van der Waals surface area (Å²) in [5.41, 5.74) is 5.78. The Balaban J connectivity index is 1.61. The van der Waals surface area contributed by atoms with Gasteiger partial charge in [-0.3, -0.25) is 0 Å². The van der Waals surface area contributed by atoms with Crippen molar-refractivity contribution in [3.8, 4) is 0 Å². The van der Waals surface area contributed by atoms with E-state index in [2.05, 4.69) is 48.3 Å². The van der Waals surface area contributed by atoms with Crippen LogP contribution in [0.25, 0.3) is 0 Å². The first-order valence-corrected chi connectivity index (χ1v) is 10.5. The van der Waals surface area contributed by atoms with Crippen molar-refractivity contribution in [3.63, 3.8) is 0 Å². The van der Waals surface area contributed by atoms with Crippen LogP contribution in [0.15, 0.2) is 76.5 Å². The van der Waals surface area contributed by atoms with Crippen LogP contribution in [0.2, 0.25) is 0 Å². The van der Waals surface area contributed by atoms with E-state index in [1.807, 2.05) is 42.5 Å². The highest BCUT2D eigenvalue weighted by atomic mass is 32.2. The van der Waals surface area contributed by atoms with Gasteiger partial charge in [0, 0.05) is 18.8 Å². The van der Waals surface area contributed by atoms with Gasteiger partial charge in [0.1, 0.15) is 0 Å². The highest BCUT2D eigenvalue weighted by Gasteiger charge is 2.29. The zero-order chi connectivity index (χ0) is 18.8. The predicted octanol–water partition coefficient (Wildman–Crippen LogP) is 5.42. The third kappa shape index (κ3) is 3.37. The van der Waals surface area contributed by atoms with Gasteiger partial charge in [-0.15, -0.1) is 0 Å². The molecule has 1 aliphatic rings. The van der Waals surface area contributed by atoms with Gasteiger partial charge in [0.25, 0.3) is 0 Å². The Kier molecular flexibility index (Phi) is 4.99. The molecule has 27 heavy (non-hydrogen) atoms. The summed E-state index contributed by atoms with van der Waals surface area (Å²) in [5.74, 6) is 0. The summed E-state index contributed by atoms with van der Waals surface area (Å²) in [7, 11) is -1.12. The summed E-state index contributed by atoms with van der Waals surface area (Å²) in [6.07, 6.45) is 0.989. The second-order valence-electron chi connectivity index (χ2n) is 6.89. The molecule has 4 rings (SSSR count). The lowest BCUT2D eigenvalue weighted by atomic mass is 10.1. The van der Waals surface area contributed by atoms with Crippen molar-refractivity contribution >= 4 is 27.9 Å². The van der Waals surface area contributed by atoms with E-state index < -0.39 is 10.8 Å². The molecule has 0 spiro atoms. The van der Waals surface area contributed by atoms with Crippen LogP contribution in [-0.4, -0.2) is 17.3 Å². The van der Waals surface area contributed by atoms with Gasteiger partial charge in [-0.25, -0.2) is 4.21 Å². The van der Waals surface area contributed by atoms with Gasteiger partial charge in [0.05, 0.1) is 32.0 Å². The molecular weight excluding hydrogens is 352 g/mol. The molecule has 1 atom stereocenters. The van der Waals surface area contributed by atoms with Crippen LogP contribution in [0.3, 0.4) is 0 Å². The lowest BCUT2D eigenvalue weighted by Crippen LogP contribution is -2.27. The molecular formula is C23H24N2OS. The number of nitrogens with one attached hydrogen (secondary N) is 1. The molecule has 0 bridgehead atoms. The van der Waals surface area contributed by atoms with E-state index in [4.69, 9.17) is 0 Å². The monoisotopic (exact) mass is 376 g/mol. The molecule has 1 aliphatic heterocycles. The molecule has 3 aromatic carbocycles. The molecule has 1 heterocycles. The zero-order valence-corrected chi connectivity index (χ0v) is 16.6. The van der Waals surface area contributed by atoms with Crippen LogP contribution in [0.5, 0.6) is 0 Å². The maximum atomic E-state index is 13.1. The molecule has 1 unspecified atom stereocenters. The number of para-hydroxylation sites is 2. The topological polar surface area (TPSA) is 32.3 Å². The van der Waals surface area contributed by atoms with Crippen molar-refractivity contribution in [1.29, 1.82) is 0 Å². The van der Waals surface area contributed by atoms with Crippen LogP contribution in [0, 0.1) is 13.8 Å². The summed E-state index contributed by atoms with van der Waals surface area (Å²) in [5, 5.41) is 3.48. The average molecular weight is 377 g/mol. The summed E-state index contributed by atoms with van der Waals surface area (Å²) in [6, 6.07) is 22.5. The minimum Gasteiger partial charge on any atom is -0.385 e. The van der Waals surface area contributed by atoms with Crippen LogP contribution in [-0.2, 0) is 10.8 Å². The molecule has 3 nitrogen and oxygen atoms in total. The standard InChI is InChI=1S/C23H24N2OS/c1-17-13-14-22-23(18(17)2)25(20-11-6-7-12-21(20)27(22)26)16-8-15-24-19-9-4-3-5-10-19/h3-7,9-14,24H,8,15-16H2,1-2H3. The van der Waals surface area contributed by atoms with Gasteiger partial charge < -0.3 is 10.2 Å². The fourth-order valence-corrected chi connectivity index (χ4v) is 5.03. The molecule has 3 aromatic rings. The largest absolute Gasteiger partial charge is 0.385 e. The second-order valence-corrected chi connectivity index (χ2v) is 8.31. The minimum absolute atomic E-state index is 0.880. The van der Waals surface area contributed by atoms with Gasteiger partial charge >= 0.3 is 0 Å². The number of nitrogens with zero attached hydrogens (tertiary/aromatic N) is 1. The highest BCUT2D eigenvalue weighted by molar-refractivity contribution is 7.85. The molecule has 0 amide bonds. The maximum Gasteiger partial charge on any atom is 0.0892 e. The fraction of sp³-hybridized carbons (Fsp3) is 0.217. The molecule has 0 fully saturated rings. The second kappa shape index (κ2) is 7.57. The Labute approximate surface area is 163 Å². The molecule has 138 valence electrons. The van der Waals surface area contributed by atoms with Crippen molar-refractivity contribution in [3.05, 3.63) is 77.9 Å². The number of anilines is 3. The maximum absolute atomic E-state index is 13.1. The normalized spacial score (nSPS) is 15.2. The van der Waals surface area contributed by atoms with Crippen molar-refractivity contribution in [1.82, 2.24) is 0 Å². The summed E-state index contributed by atoms with van der Waals surface area (Å²) < 4.78 is 13.1. The first-order valence-electron chi connectivity index (χ1n) is 9.34. The van der Waals surface area contributed by atoms with E-state index in [0.29, 0.717) is 0 Å². The summed E-state index contributed by atoms with van der Waals surface area (Å²) in [6.45, 7) is 6.03. The molecule has 0 aromatic heterocycles. The molecule has 1 N–H and O–H groups in total. The van der Waals surface area contributed by atoms with Crippen molar-refractivity contribution in [2.45, 2.75) is 30.1 Å². The quantitative estimate of drug-likeness (QED) is 0.603. The fourth-order valence-electron chi connectivity index (χ4n) is 3.60. The summed E-state index contributed by atoms with van der Waals surface area (Å²) in [4.78, 5) is 4.18. The lowest BCUT2D eigenvalue weighted by Gasteiger charge is -2.34. The predicted molar refractivity (Wildman–Crippen MR) is 114 cm³/mol. The number of benzene rings is 3. The van der Waals surface area contributed by atoms with E-state index in [0.717, 1.165) is 46.4 Å². The van der Waals surface area contributed by atoms with Gasteiger partial charge in [-0.1, -0.05) is 36.4 Å². The first-order chi connectivity index (χ1) is 13.2. The van der Waals surface area contributed by atoms with Crippen LogP contribution in [0.1, 0.15) is 17.5 Å². The van der Waals surface area contributed by atoms with E-state index in [1.54, 1.807) is 0 Å². The van der Waals surface area contributed by atoms with E-state index in [1.165, 1.54) is 11.1 Å². The number of hydrogen-bond donors (Lipinski definition) is 1. The number of rotatable bonds is 5. The molecule has 0 saturated heterocycles. The Hall–Kier alpha value is -2.59. The Bertz CT molecular complexity index is 985. The third-order valence-corrected chi connectivity index (χ3v) is 6.63. The molecule has 0 aliphatic carbocycles. The minimum atomic E-state index is -1.12. The van der Waals surface area contributed by atoms with Gasteiger partial charge in [-0.05, 0) is 61.7 Å². The van der Waals surface area contributed by atoms with Crippen LogP contribution < -0.4 is 10.2 Å². The Morgan fingerprint density at radius 2 is 1.63 bits per heavy atom. The van der Waals surface area contributed by atoms with Gasteiger partial charge in [0.2, 0.25) is 0 Å². The Morgan fingerprint density at radius 1 is 0.889 bits per heavy atom. The SMILES string of the molecule is Cc1ccc2c(c1C)N(CCCNc1ccccc1)c1ccccc1S2=O. The van der Waals surface area contributed by atoms with Gasteiger partial charge in [-0.2, -0.15) is 0 Å². The zero-order valence-electron chi connectivity index (χ0n) is 15.7. The average Bonchev–Trinajstić information content (AvgIpc) is 2.71.